The number of anilines is 1. The Hall–Kier alpha value is -1.41. The molecular formula is C15H11BrINO3. The molecule has 0 saturated carbocycles. The fraction of sp³-hybridized carbons (Fsp3) is 0.0667. The van der Waals surface area contributed by atoms with Gasteiger partial charge in [-0.1, -0.05) is 18.2 Å². The van der Waals surface area contributed by atoms with Gasteiger partial charge in [0.1, 0.15) is 0 Å². The fourth-order valence-corrected chi connectivity index (χ4v) is 2.74. The molecule has 2 aromatic carbocycles. The van der Waals surface area contributed by atoms with Crippen LogP contribution in [0.15, 0.2) is 46.9 Å². The van der Waals surface area contributed by atoms with Crippen molar-refractivity contribution in [1.29, 1.82) is 0 Å². The summed E-state index contributed by atoms with van der Waals surface area (Å²) < 4.78 is 1.64. The number of amides is 1. The molecule has 0 bridgehead atoms. The number of benzene rings is 2. The molecule has 0 aliphatic heterocycles. The van der Waals surface area contributed by atoms with Crippen LogP contribution in [0, 0.1) is 3.57 Å². The van der Waals surface area contributed by atoms with E-state index < -0.39 is 5.97 Å². The van der Waals surface area contributed by atoms with Gasteiger partial charge in [0.25, 0.3) is 5.91 Å². The first-order chi connectivity index (χ1) is 9.97. The zero-order valence-corrected chi connectivity index (χ0v) is 14.5. The molecule has 0 radical (unpaired) electrons. The minimum atomic E-state index is -0.938. The first kappa shape index (κ1) is 16.0. The summed E-state index contributed by atoms with van der Waals surface area (Å²) >= 11 is 5.48. The van der Waals surface area contributed by atoms with Crippen molar-refractivity contribution < 1.29 is 14.7 Å². The third-order valence-electron chi connectivity index (χ3n) is 2.78. The Balaban J connectivity index is 2.27. The van der Waals surface area contributed by atoms with Gasteiger partial charge in [-0.05, 0) is 68.3 Å². The van der Waals surface area contributed by atoms with Crippen LogP contribution in [0.1, 0.15) is 15.9 Å². The van der Waals surface area contributed by atoms with Gasteiger partial charge in [-0.2, -0.15) is 0 Å². The summed E-state index contributed by atoms with van der Waals surface area (Å²) in [5.41, 5.74) is 1.59. The van der Waals surface area contributed by atoms with Gasteiger partial charge in [0.05, 0.1) is 12.0 Å². The first-order valence-corrected chi connectivity index (χ1v) is 7.90. The highest BCUT2D eigenvalue weighted by molar-refractivity contribution is 14.1. The molecule has 0 heterocycles. The van der Waals surface area contributed by atoms with Gasteiger partial charge in [-0.3, -0.25) is 9.59 Å². The van der Waals surface area contributed by atoms with Crippen LogP contribution in [0.5, 0.6) is 0 Å². The topological polar surface area (TPSA) is 66.4 Å². The summed E-state index contributed by atoms with van der Waals surface area (Å²) in [5, 5.41) is 11.7. The Bertz CT molecular complexity index is 703. The molecule has 0 unspecified atom stereocenters. The highest BCUT2D eigenvalue weighted by Crippen LogP contribution is 2.22. The predicted octanol–water partition coefficient (Wildman–Crippen LogP) is 3.93. The van der Waals surface area contributed by atoms with Crippen molar-refractivity contribution in [3.8, 4) is 0 Å². The number of nitrogens with one attached hydrogen (secondary N) is 1. The second kappa shape index (κ2) is 7.04. The van der Waals surface area contributed by atoms with Crippen LogP contribution in [0.2, 0.25) is 0 Å². The zero-order chi connectivity index (χ0) is 15.4. The Morgan fingerprint density at radius 1 is 1.19 bits per heavy atom. The zero-order valence-electron chi connectivity index (χ0n) is 10.8. The maximum Gasteiger partial charge on any atom is 0.307 e. The SMILES string of the molecule is O=C(O)Cc1ccccc1NC(=O)c1cc(I)ccc1Br. The van der Waals surface area contributed by atoms with E-state index in [0.29, 0.717) is 21.3 Å². The lowest BCUT2D eigenvalue weighted by molar-refractivity contribution is -0.136. The van der Waals surface area contributed by atoms with Gasteiger partial charge >= 0.3 is 5.97 Å². The number of hydrogen-bond donors (Lipinski definition) is 2. The van der Waals surface area contributed by atoms with Gasteiger partial charge < -0.3 is 10.4 Å². The molecule has 4 nitrogen and oxygen atoms in total. The van der Waals surface area contributed by atoms with E-state index in [2.05, 4.69) is 43.8 Å². The highest BCUT2D eigenvalue weighted by Gasteiger charge is 2.13. The van der Waals surface area contributed by atoms with Crippen molar-refractivity contribution in [2.45, 2.75) is 6.42 Å². The molecular weight excluding hydrogens is 449 g/mol. The molecule has 0 saturated heterocycles. The normalized spacial score (nSPS) is 10.2. The quantitative estimate of drug-likeness (QED) is 0.680. The van der Waals surface area contributed by atoms with Crippen LogP contribution in [-0.4, -0.2) is 17.0 Å². The predicted molar refractivity (Wildman–Crippen MR) is 92.6 cm³/mol. The number of carbonyl (C=O) groups excluding carboxylic acids is 1. The summed E-state index contributed by atoms with van der Waals surface area (Å²) in [6, 6.07) is 12.3. The molecule has 2 rings (SSSR count). The van der Waals surface area contributed by atoms with Gasteiger partial charge in [0.2, 0.25) is 0 Å². The second-order valence-electron chi connectivity index (χ2n) is 4.31. The lowest BCUT2D eigenvalue weighted by Crippen LogP contribution is -2.15. The van der Waals surface area contributed by atoms with Gasteiger partial charge in [-0.25, -0.2) is 0 Å². The van der Waals surface area contributed by atoms with E-state index in [1.54, 1.807) is 36.4 Å². The molecule has 0 aliphatic rings. The van der Waals surface area contributed by atoms with Crippen molar-refractivity contribution in [3.63, 3.8) is 0 Å². The van der Waals surface area contributed by atoms with Crippen LogP contribution in [-0.2, 0) is 11.2 Å². The van der Waals surface area contributed by atoms with Gasteiger partial charge in [0.15, 0.2) is 0 Å². The minimum Gasteiger partial charge on any atom is -0.481 e. The Morgan fingerprint density at radius 3 is 2.62 bits per heavy atom. The summed E-state index contributed by atoms with van der Waals surface area (Å²) in [5.74, 6) is -1.22. The monoisotopic (exact) mass is 459 g/mol. The van der Waals surface area contributed by atoms with Crippen LogP contribution >= 0.6 is 38.5 Å². The third kappa shape index (κ3) is 4.28. The molecule has 2 N–H and O–H groups in total. The number of hydrogen-bond acceptors (Lipinski definition) is 2. The van der Waals surface area contributed by atoms with Crippen LogP contribution in [0.25, 0.3) is 0 Å². The molecule has 108 valence electrons. The lowest BCUT2D eigenvalue weighted by atomic mass is 10.1. The van der Waals surface area contributed by atoms with Crippen molar-refractivity contribution in [3.05, 3.63) is 61.6 Å². The molecule has 2 aromatic rings. The van der Waals surface area contributed by atoms with Crippen molar-refractivity contribution in [1.82, 2.24) is 0 Å². The molecule has 6 heteroatoms. The minimum absolute atomic E-state index is 0.135. The average molecular weight is 460 g/mol. The van der Waals surface area contributed by atoms with E-state index in [1.165, 1.54) is 0 Å². The molecule has 21 heavy (non-hydrogen) atoms. The molecule has 0 aliphatic carbocycles. The summed E-state index contributed by atoms with van der Waals surface area (Å²) in [6.45, 7) is 0. The van der Waals surface area contributed by atoms with Crippen molar-refractivity contribution in [2.75, 3.05) is 5.32 Å². The van der Waals surface area contributed by atoms with Gasteiger partial charge in [0, 0.05) is 13.7 Å². The lowest BCUT2D eigenvalue weighted by Gasteiger charge is -2.11. The van der Waals surface area contributed by atoms with E-state index >= 15 is 0 Å². The largest absolute Gasteiger partial charge is 0.481 e. The van der Waals surface area contributed by atoms with E-state index in [0.717, 1.165) is 3.57 Å². The van der Waals surface area contributed by atoms with Crippen molar-refractivity contribution in [2.24, 2.45) is 0 Å². The second-order valence-corrected chi connectivity index (χ2v) is 6.41. The molecule has 0 fully saturated rings. The van der Waals surface area contributed by atoms with E-state index in [-0.39, 0.29) is 12.3 Å². The van der Waals surface area contributed by atoms with Gasteiger partial charge in [-0.15, -0.1) is 0 Å². The molecule has 1 amide bonds. The van der Waals surface area contributed by atoms with Crippen LogP contribution in [0.4, 0.5) is 5.69 Å². The number of para-hydroxylation sites is 1. The number of carbonyl (C=O) groups is 2. The van der Waals surface area contributed by atoms with E-state index in [1.807, 2.05) is 6.07 Å². The Labute approximate surface area is 143 Å². The summed E-state index contributed by atoms with van der Waals surface area (Å²) in [6.07, 6.45) is -0.135. The van der Waals surface area contributed by atoms with Crippen LogP contribution in [0.3, 0.4) is 0 Å². The van der Waals surface area contributed by atoms with E-state index in [9.17, 15) is 9.59 Å². The number of aliphatic carboxylic acids is 1. The number of rotatable bonds is 4. The molecule has 0 aromatic heterocycles. The van der Waals surface area contributed by atoms with E-state index in [4.69, 9.17) is 5.11 Å². The highest BCUT2D eigenvalue weighted by atomic mass is 127. The average Bonchev–Trinajstić information content (AvgIpc) is 2.43. The number of carboxylic acid groups (broad SMARTS) is 1. The van der Waals surface area contributed by atoms with Crippen molar-refractivity contribution >= 4 is 56.1 Å². The maximum absolute atomic E-state index is 12.3. The molecule has 0 atom stereocenters. The van der Waals surface area contributed by atoms with Crippen LogP contribution < -0.4 is 5.32 Å². The number of halogens is 2. The molecule has 0 spiro atoms. The summed E-state index contributed by atoms with van der Waals surface area (Å²) in [7, 11) is 0. The fourth-order valence-electron chi connectivity index (χ4n) is 1.82. The third-order valence-corrected chi connectivity index (χ3v) is 4.14. The summed E-state index contributed by atoms with van der Waals surface area (Å²) in [4.78, 5) is 23.2. The Kier molecular flexibility index (Phi) is 5.35. The Morgan fingerprint density at radius 2 is 1.90 bits per heavy atom. The maximum atomic E-state index is 12.3. The standard InChI is InChI=1S/C15H11BrINO3/c16-12-6-5-10(17)8-11(12)15(21)18-13-4-2-1-3-9(13)7-14(19)20/h1-6,8H,7H2,(H,18,21)(H,19,20). The number of carboxylic acids is 1. The smallest absolute Gasteiger partial charge is 0.307 e. The first-order valence-electron chi connectivity index (χ1n) is 6.03.